The molecule has 0 aliphatic heterocycles. The third-order valence-electron chi connectivity index (χ3n) is 6.63. The summed E-state index contributed by atoms with van der Waals surface area (Å²) in [6.45, 7) is 2.52. The van der Waals surface area contributed by atoms with E-state index in [-0.39, 0.29) is 11.3 Å². The van der Waals surface area contributed by atoms with Crippen LogP contribution in [-0.4, -0.2) is 40.8 Å². The van der Waals surface area contributed by atoms with E-state index >= 15 is 0 Å². The van der Waals surface area contributed by atoms with Crippen LogP contribution in [0.25, 0.3) is 28.2 Å². The Morgan fingerprint density at radius 3 is 2.39 bits per heavy atom. The number of rotatable bonds is 10. The number of nitrogens with zero attached hydrogens (tertiary/aromatic N) is 5. The topological polar surface area (TPSA) is 119 Å². The maximum Gasteiger partial charge on any atom is 0.337 e. The second-order valence-electron chi connectivity index (χ2n) is 9.13. The minimum absolute atomic E-state index is 0.0943. The fraction of sp³-hybridized carbons (Fsp3) is 0.207. The van der Waals surface area contributed by atoms with Gasteiger partial charge in [0, 0.05) is 17.5 Å². The molecule has 5 rings (SSSR count). The molecule has 0 saturated carbocycles. The van der Waals surface area contributed by atoms with Gasteiger partial charge in [-0.05, 0) is 52.1 Å². The summed E-state index contributed by atoms with van der Waals surface area (Å²) >= 11 is 0. The van der Waals surface area contributed by atoms with Gasteiger partial charge in [-0.3, -0.25) is 9.13 Å². The first-order valence-electron chi connectivity index (χ1n) is 12.6. The summed E-state index contributed by atoms with van der Waals surface area (Å²) in [7, 11) is 0. The van der Waals surface area contributed by atoms with E-state index < -0.39 is 5.97 Å². The molecule has 2 heterocycles. The molecule has 0 saturated heterocycles. The van der Waals surface area contributed by atoms with E-state index in [4.69, 9.17) is 0 Å². The lowest BCUT2D eigenvalue weighted by atomic mass is 9.98. The quantitative estimate of drug-likeness (QED) is 0.257. The standard InChI is InChI=1S/C29H28N6O3/c1-2-3-4-9-22-19-35(26-13-8-7-12-25(26)28(36)37)29(38)34(22)18-20-14-16-21(17-15-20)23-10-5-6-11-24(23)27-30-32-33-31-27/h5-8,10-17,19H,2-4,9,18H2,1H3,(H,36,37)(H,30,31,32,33). The molecule has 9 nitrogen and oxygen atoms in total. The van der Waals surface area contributed by atoms with Crippen LogP contribution in [0.4, 0.5) is 0 Å². The van der Waals surface area contributed by atoms with E-state index in [0.29, 0.717) is 18.1 Å². The molecule has 0 atom stereocenters. The first-order valence-corrected chi connectivity index (χ1v) is 12.6. The number of hydrogen-bond donors (Lipinski definition) is 2. The van der Waals surface area contributed by atoms with E-state index in [0.717, 1.165) is 53.6 Å². The fourth-order valence-electron chi connectivity index (χ4n) is 4.68. The Morgan fingerprint density at radius 2 is 1.68 bits per heavy atom. The fourth-order valence-corrected chi connectivity index (χ4v) is 4.68. The van der Waals surface area contributed by atoms with Crippen LogP contribution in [0.2, 0.25) is 0 Å². The smallest absolute Gasteiger partial charge is 0.337 e. The first kappa shape index (κ1) is 24.9. The largest absolute Gasteiger partial charge is 0.478 e. The van der Waals surface area contributed by atoms with Crippen molar-refractivity contribution in [3.63, 3.8) is 0 Å². The molecule has 2 N–H and O–H groups in total. The second kappa shape index (κ2) is 11.1. The Balaban J connectivity index is 1.49. The van der Waals surface area contributed by atoms with Crippen molar-refractivity contribution in [1.82, 2.24) is 29.8 Å². The number of aryl methyl sites for hydroxylation is 1. The maximum atomic E-state index is 13.6. The SMILES string of the molecule is CCCCCc1cn(-c2ccccc2C(=O)O)c(=O)n1Cc1ccc(-c2ccccc2-c2nnn[nH]2)cc1. The number of carboxylic acids is 1. The number of H-pyrrole nitrogens is 1. The van der Waals surface area contributed by atoms with Gasteiger partial charge in [0.25, 0.3) is 0 Å². The molecule has 38 heavy (non-hydrogen) atoms. The van der Waals surface area contributed by atoms with Crippen molar-refractivity contribution in [3.8, 4) is 28.2 Å². The number of aromatic nitrogens is 6. The number of nitrogens with one attached hydrogen (secondary N) is 1. The summed E-state index contributed by atoms with van der Waals surface area (Å²) in [5.74, 6) is -0.472. The van der Waals surface area contributed by atoms with Gasteiger partial charge in [0.2, 0.25) is 0 Å². The molecule has 192 valence electrons. The predicted molar refractivity (Wildman–Crippen MR) is 144 cm³/mol. The molecular weight excluding hydrogens is 480 g/mol. The molecule has 3 aromatic carbocycles. The average Bonchev–Trinajstić information content (AvgIpc) is 3.58. The number of para-hydroxylation sites is 1. The number of benzene rings is 3. The number of aromatic amines is 1. The molecule has 0 aliphatic rings. The molecule has 0 fully saturated rings. The number of aromatic carboxylic acids is 1. The van der Waals surface area contributed by atoms with Crippen LogP contribution >= 0.6 is 0 Å². The van der Waals surface area contributed by atoms with Crippen LogP contribution in [0.15, 0.2) is 83.8 Å². The minimum atomic E-state index is -1.07. The van der Waals surface area contributed by atoms with Gasteiger partial charge in [0.1, 0.15) is 0 Å². The Hall–Kier alpha value is -4.79. The molecule has 0 bridgehead atoms. The lowest BCUT2D eigenvalue weighted by Crippen LogP contribution is -2.25. The second-order valence-corrected chi connectivity index (χ2v) is 9.13. The van der Waals surface area contributed by atoms with Crippen LogP contribution in [-0.2, 0) is 13.0 Å². The van der Waals surface area contributed by atoms with E-state index in [9.17, 15) is 14.7 Å². The lowest BCUT2D eigenvalue weighted by molar-refractivity contribution is 0.0697. The maximum absolute atomic E-state index is 13.6. The molecule has 0 spiro atoms. The van der Waals surface area contributed by atoms with E-state index in [1.807, 2.05) is 48.5 Å². The zero-order chi connectivity index (χ0) is 26.5. The summed E-state index contributed by atoms with van der Waals surface area (Å²) in [5, 5.41) is 23.9. The number of carbonyl (C=O) groups is 1. The number of hydrogen-bond acceptors (Lipinski definition) is 5. The monoisotopic (exact) mass is 508 g/mol. The molecular formula is C29H28N6O3. The molecule has 0 unspecified atom stereocenters. The van der Waals surface area contributed by atoms with E-state index in [2.05, 4.69) is 27.5 Å². The summed E-state index contributed by atoms with van der Waals surface area (Å²) < 4.78 is 3.21. The van der Waals surface area contributed by atoms with Gasteiger partial charge in [-0.2, -0.15) is 0 Å². The van der Waals surface area contributed by atoms with Crippen LogP contribution in [0, 0.1) is 0 Å². The van der Waals surface area contributed by atoms with Gasteiger partial charge in [-0.25, -0.2) is 14.7 Å². The van der Waals surface area contributed by atoms with Gasteiger partial charge in [-0.15, -0.1) is 5.10 Å². The zero-order valence-corrected chi connectivity index (χ0v) is 21.0. The molecule has 0 aliphatic carbocycles. The zero-order valence-electron chi connectivity index (χ0n) is 21.0. The van der Waals surface area contributed by atoms with Crippen LogP contribution < -0.4 is 5.69 Å². The van der Waals surface area contributed by atoms with E-state index in [1.54, 1.807) is 29.0 Å². The first-order chi connectivity index (χ1) is 18.6. The van der Waals surface area contributed by atoms with Gasteiger partial charge in [0.15, 0.2) is 5.82 Å². The molecule has 5 aromatic rings. The Bertz CT molecular complexity index is 1600. The lowest BCUT2D eigenvalue weighted by Gasteiger charge is -2.10. The summed E-state index contributed by atoms with van der Waals surface area (Å²) in [4.78, 5) is 25.4. The molecule has 2 aromatic heterocycles. The highest BCUT2D eigenvalue weighted by Gasteiger charge is 2.18. The van der Waals surface area contributed by atoms with Gasteiger partial charge in [0.05, 0.1) is 17.8 Å². The van der Waals surface area contributed by atoms with Crippen molar-refractivity contribution in [2.75, 3.05) is 0 Å². The average molecular weight is 509 g/mol. The molecule has 0 radical (unpaired) electrons. The van der Waals surface area contributed by atoms with Crippen LogP contribution in [0.3, 0.4) is 0 Å². The number of unbranched alkanes of at least 4 members (excludes halogenated alkanes) is 2. The predicted octanol–water partition coefficient (Wildman–Crippen LogP) is 4.97. The summed E-state index contributed by atoms with van der Waals surface area (Å²) in [5.41, 5.74) is 4.96. The number of imidazole rings is 1. The Kier molecular flexibility index (Phi) is 7.26. The van der Waals surface area contributed by atoms with Crippen molar-refractivity contribution in [2.24, 2.45) is 0 Å². The Labute approximate surface area is 219 Å². The normalized spacial score (nSPS) is 11.1. The van der Waals surface area contributed by atoms with Gasteiger partial charge in [-0.1, -0.05) is 80.4 Å². The highest BCUT2D eigenvalue weighted by Crippen LogP contribution is 2.30. The van der Waals surface area contributed by atoms with Crippen molar-refractivity contribution in [1.29, 1.82) is 0 Å². The minimum Gasteiger partial charge on any atom is -0.478 e. The van der Waals surface area contributed by atoms with Crippen molar-refractivity contribution >= 4 is 5.97 Å². The summed E-state index contributed by atoms with van der Waals surface area (Å²) in [6.07, 6.45) is 5.60. The van der Waals surface area contributed by atoms with Crippen molar-refractivity contribution in [2.45, 2.75) is 39.2 Å². The highest BCUT2D eigenvalue weighted by atomic mass is 16.4. The molecule has 0 amide bonds. The molecule has 9 heteroatoms. The van der Waals surface area contributed by atoms with Crippen molar-refractivity contribution < 1.29 is 9.90 Å². The third-order valence-corrected chi connectivity index (χ3v) is 6.63. The van der Waals surface area contributed by atoms with Gasteiger partial charge >= 0.3 is 11.7 Å². The highest BCUT2D eigenvalue weighted by molar-refractivity contribution is 5.91. The summed E-state index contributed by atoms with van der Waals surface area (Å²) in [6, 6.07) is 22.5. The number of carboxylic acid groups (broad SMARTS) is 1. The van der Waals surface area contributed by atoms with Gasteiger partial charge < -0.3 is 5.11 Å². The number of tetrazole rings is 1. The van der Waals surface area contributed by atoms with Crippen LogP contribution in [0.5, 0.6) is 0 Å². The third kappa shape index (κ3) is 5.04. The van der Waals surface area contributed by atoms with E-state index in [1.165, 1.54) is 10.6 Å². The Morgan fingerprint density at radius 1 is 0.947 bits per heavy atom. The van der Waals surface area contributed by atoms with Crippen LogP contribution in [0.1, 0.15) is 47.8 Å². The van der Waals surface area contributed by atoms with Crippen molar-refractivity contribution in [3.05, 3.63) is 106 Å².